The lowest BCUT2D eigenvalue weighted by molar-refractivity contribution is 0.385. The maximum Gasteiger partial charge on any atom is 0.231 e. The van der Waals surface area contributed by atoms with E-state index in [1.807, 2.05) is 24.3 Å². The van der Waals surface area contributed by atoms with E-state index in [2.05, 4.69) is 10.1 Å². The average molecular weight is 269 g/mol. The van der Waals surface area contributed by atoms with Crippen molar-refractivity contribution in [2.45, 2.75) is 6.42 Å². The van der Waals surface area contributed by atoms with Gasteiger partial charge >= 0.3 is 0 Å². The first kappa shape index (κ1) is 12.3. The van der Waals surface area contributed by atoms with Crippen molar-refractivity contribution in [1.82, 2.24) is 10.1 Å². The summed E-state index contributed by atoms with van der Waals surface area (Å²) >= 11 is 0. The van der Waals surface area contributed by atoms with Crippen LogP contribution in [0, 0.1) is 5.82 Å². The molecule has 0 bridgehead atoms. The smallest absolute Gasteiger partial charge is 0.231 e. The van der Waals surface area contributed by atoms with Gasteiger partial charge in [0.15, 0.2) is 0 Å². The lowest BCUT2D eigenvalue weighted by Gasteiger charge is -1.97. The summed E-state index contributed by atoms with van der Waals surface area (Å²) in [4.78, 5) is 4.29. The Bertz CT molecular complexity index is 722. The molecule has 0 aliphatic rings. The number of anilines is 1. The molecule has 0 spiro atoms. The van der Waals surface area contributed by atoms with Crippen molar-refractivity contribution in [2.24, 2.45) is 0 Å². The molecule has 2 aromatic carbocycles. The highest BCUT2D eigenvalue weighted by Gasteiger charge is 2.09. The van der Waals surface area contributed by atoms with Crippen molar-refractivity contribution in [3.8, 4) is 11.4 Å². The minimum absolute atomic E-state index is 0.294. The first-order valence-electron chi connectivity index (χ1n) is 6.14. The Morgan fingerprint density at radius 1 is 1.10 bits per heavy atom. The van der Waals surface area contributed by atoms with Crippen LogP contribution in [-0.4, -0.2) is 10.1 Å². The normalized spacial score (nSPS) is 10.7. The van der Waals surface area contributed by atoms with Crippen LogP contribution in [0.5, 0.6) is 0 Å². The molecule has 0 aliphatic heterocycles. The van der Waals surface area contributed by atoms with E-state index in [0.29, 0.717) is 29.4 Å². The summed E-state index contributed by atoms with van der Waals surface area (Å²) in [5.41, 5.74) is 8.13. The molecule has 4 nitrogen and oxygen atoms in total. The molecule has 0 fully saturated rings. The van der Waals surface area contributed by atoms with Gasteiger partial charge in [0.25, 0.3) is 0 Å². The molecule has 0 saturated carbocycles. The molecule has 0 saturated heterocycles. The highest BCUT2D eigenvalue weighted by atomic mass is 19.1. The van der Waals surface area contributed by atoms with E-state index in [4.69, 9.17) is 10.3 Å². The lowest BCUT2D eigenvalue weighted by Crippen LogP contribution is -1.91. The van der Waals surface area contributed by atoms with Crippen LogP contribution in [0.25, 0.3) is 11.4 Å². The first-order valence-corrected chi connectivity index (χ1v) is 6.14. The van der Waals surface area contributed by atoms with Crippen molar-refractivity contribution in [1.29, 1.82) is 0 Å². The number of nitrogen functional groups attached to an aromatic ring is 1. The molecule has 0 atom stereocenters. The van der Waals surface area contributed by atoms with Gasteiger partial charge < -0.3 is 10.3 Å². The Kier molecular flexibility index (Phi) is 3.16. The molecule has 1 aromatic heterocycles. The van der Waals surface area contributed by atoms with E-state index in [1.54, 1.807) is 12.1 Å². The standard InChI is InChI=1S/C15H12FN3O/c16-12-6-4-11(5-7-12)15-18-14(20-19-15)9-10-2-1-3-13(17)8-10/h1-8H,9,17H2. The summed E-state index contributed by atoms with van der Waals surface area (Å²) in [5, 5.41) is 3.89. The number of halogens is 1. The Balaban J connectivity index is 1.82. The number of hydrogen-bond acceptors (Lipinski definition) is 4. The van der Waals surface area contributed by atoms with Crippen LogP contribution in [0.4, 0.5) is 10.1 Å². The minimum Gasteiger partial charge on any atom is -0.399 e. The maximum absolute atomic E-state index is 12.9. The van der Waals surface area contributed by atoms with Crippen LogP contribution in [0.2, 0.25) is 0 Å². The van der Waals surface area contributed by atoms with Gasteiger partial charge in [-0.3, -0.25) is 0 Å². The average Bonchev–Trinajstić information content (AvgIpc) is 2.88. The fourth-order valence-electron chi connectivity index (χ4n) is 1.92. The molecule has 0 amide bonds. The van der Waals surface area contributed by atoms with Gasteiger partial charge in [-0.25, -0.2) is 4.39 Å². The monoisotopic (exact) mass is 269 g/mol. The third-order valence-corrected chi connectivity index (χ3v) is 2.88. The van der Waals surface area contributed by atoms with Gasteiger partial charge in [-0.2, -0.15) is 4.98 Å². The second kappa shape index (κ2) is 5.13. The molecule has 0 unspecified atom stereocenters. The number of hydrogen-bond donors (Lipinski definition) is 1. The Labute approximate surface area is 115 Å². The number of aromatic nitrogens is 2. The van der Waals surface area contributed by atoms with Gasteiger partial charge in [-0.15, -0.1) is 0 Å². The highest BCUT2D eigenvalue weighted by molar-refractivity contribution is 5.53. The fraction of sp³-hybridized carbons (Fsp3) is 0.0667. The number of nitrogens with zero attached hydrogens (tertiary/aromatic N) is 2. The van der Waals surface area contributed by atoms with Crippen LogP contribution in [-0.2, 0) is 6.42 Å². The maximum atomic E-state index is 12.9. The highest BCUT2D eigenvalue weighted by Crippen LogP contribution is 2.18. The van der Waals surface area contributed by atoms with Crippen LogP contribution in [0.15, 0.2) is 53.1 Å². The van der Waals surface area contributed by atoms with Gasteiger partial charge in [0.1, 0.15) is 5.82 Å². The molecule has 3 rings (SSSR count). The largest absolute Gasteiger partial charge is 0.399 e. The fourth-order valence-corrected chi connectivity index (χ4v) is 1.92. The van der Waals surface area contributed by atoms with Gasteiger partial charge in [0.05, 0.1) is 6.42 Å². The predicted molar refractivity (Wildman–Crippen MR) is 73.4 cm³/mol. The number of benzene rings is 2. The van der Waals surface area contributed by atoms with E-state index >= 15 is 0 Å². The second-order valence-corrected chi connectivity index (χ2v) is 4.44. The third-order valence-electron chi connectivity index (χ3n) is 2.88. The van der Waals surface area contributed by atoms with Crippen LogP contribution in [0.3, 0.4) is 0 Å². The quantitative estimate of drug-likeness (QED) is 0.742. The van der Waals surface area contributed by atoms with Crippen LogP contribution >= 0.6 is 0 Å². The van der Waals surface area contributed by atoms with E-state index in [9.17, 15) is 4.39 Å². The summed E-state index contributed by atoms with van der Waals surface area (Å²) in [6, 6.07) is 13.5. The molecular weight excluding hydrogens is 257 g/mol. The van der Waals surface area contributed by atoms with Gasteiger partial charge in [0, 0.05) is 11.3 Å². The molecule has 100 valence electrons. The van der Waals surface area contributed by atoms with E-state index < -0.39 is 0 Å². The van der Waals surface area contributed by atoms with E-state index in [1.165, 1.54) is 12.1 Å². The molecule has 5 heteroatoms. The molecule has 1 heterocycles. The van der Waals surface area contributed by atoms with Gasteiger partial charge in [-0.05, 0) is 42.0 Å². The zero-order chi connectivity index (χ0) is 13.9. The van der Waals surface area contributed by atoms with Crippen LogP contribution in [0.1, 0.15) is 11.5 Å². The third kappa shape index (κ3) is 2.66. The topological polar surface area (TPSA) is 64.9 Å². The van der Waals surface area contributed by atoms with Crippen LogP contribution < -0.4 is 5.73 Å². The van der Waals surface area contributed by atoms with Crippen molar-refractivity contribution in [2.75, 3.05) is 5.73 Å². The number of rotatable bonds is 3. The zero-order valence-electron chi connectivity index (χ0n) is 10.6. The van der Waals surface area contributed by atoms with Crippen molar-refractivity contribution in [3.63, 3.8) is 0 Å². The van der Waals surface area contributed by atoms with Crippen molar-refractivity contribution < 1.29 is 8.91 Å². The summed E-state index contributed by atoms with van der Waals surface area (Å²) in [6.45, 7) is 0. The van der Waals surface area contributed by atoms with Crippen molar-refractivity contribution in [3.05, 3.63) is 65.8 Å². The second-order valence-electron chi connectivity index (χ2n) is 4.44. The van der Waals surface area contributed by atoms with Crippen molar-refractivity contribution >= 4 is 5.69 Å². The molecule has 0 aliphatic carbocycles. The summed E-state index contributed by atoms with van der Waals surface area (Å²) in [6.07, 6.45) is 0.513. The molecule has 0 radical (unpaired) electrons. The molecule has 20 heavy (non-hydrogen) atoms. The van der Waals surface area contributed by atoms with E-state index in [-0.39, 0.29) is 5.82 Å². The minimum atomic E-state index is -0.294. The zero-order valence-corrected chi connectivity index (χ0v) is 10.6. The lowest BCUT2D eigenvalue weighted by atomic mass is 10.1. The first-order chi connectivity index (χ1) is 9.70. The molecule has 3 aromatic rings. The molecular formula is C15H12FN3O. The Hall–Kier alpha value is -2.69. The summed E-state index contributed by atoms with van der Waals surface area (Å²) < 4.78 is 18.1. The Morgan fingerprint density at radius 2 is 1.90 bits per heavy atom. The predicted octanol–water partition coefficient (Wildman–Crippen LogP) is 3.05. The number of nitrogens with two attached hydrogens (primary N) is 1. The van der Waals surface area contributed by atoms with Gasteiger partial charge in [-0.1, -0.05) is 17.3 Å². The van der Waals surface area contributed by atoms with E-state index in [0.717, 1.165) is 5.56 Å². The summed E-state index contributed by atoms with van der Waals surface area (Å²) in [7, 11) is 0. The molecule has 2 N–H and O–H groups in total. The van der Waals surface area contributed by atoms with Gasteiger partial charge in [0.2, 0.25) is 11.7 Å². The summed E-state index contributed by atoms with van der Waals surface area (Å²) in [5.74, 6) is 0.649. The SMILES string of the molecule is Nc1cccc(Cc2nc(-c3ccc(F)cc3)no2)c1. The Morgan fingerprint density at radius 3 is 2.65 bits per heavy atom.